The maximum atomic E-state index is 13.6. The van der Waals surface area contributed by atoms with Crippen LogP contribution in [0, 0.1) is 0 Å². The lowest BCUT2D eigenvalue weighted by atomic mass is 9.84. The Balaban J connectivity index is 2.16. The zero-order valence-electron chi connectivity index (χ0n) is 14.4. The van der Waals surface area contributed by atoms with E-state index in [9.17, 15) is 30.3 Å². The van der Waals surface area contributed by atoms with Crippen molar-refractivity contribution in [3.63, 3.8) is 0 Å². The van der Waals surface area contributed by atoms with Crippen molar-refractivity contribution >= 4 is 16.9 Å². The summed E-state index contributed by atoms with van der Waals surface area (Å²) < 4.78 is 10.2. The molecule has 1 fully saturated rings. The summed E-state index contributed by atoms with van der Waals surface area (Å²) in [5.74, 6) is -5.41. The normalized spacial score (nSPS) is 33.6. The van der Waals surface area contributed by atoms with E-state index >= 15 is 0 Å². The van der Waals surface area contributed by atoms with Crippen molar-refractivity contribution in [3.05, 3.63) is 48.0 Å². The molecule has 0 aromatic heterocycles. The van der Waals surface area contributed by atoms with Gasteiger partial charge in [-0.25, -0.2) is 4.79 Å². The number of ether oxygens (including phenoxy) is 2. The Morgan fingerprint density at radius 2 is 1.85 bits per heavy atom. The average molecular weight is 378 g/mol. The highest BCUT2D eigenvalue weighted by Gasteiger charge is 2.59. The van der Waals surface area contributed by atoms with E-state index in [1.165, 1.54) is 13.1 Å². The number of fused-ring (bicyclic) bond motifs is 1. The summed E-state index contributed by atoms with van der Waals surface area (Å²) in [6.07, 6.45) is -7.32. The third kappa shape index (κ3) is 3.04. The third-order valence-electron chi connectivity index (χ3n) is 4.67. The number of aliphatic hydroxyl groups excluding tert-OH is 4. The number of benzene rings is 2. The molecular weight excluding hydrogens is 358 g/mol. The van der Waals surface area contributed by atoms with Crippen molar-refractivity contribution in [3.8, 4) is 0 Å². The van der Waals surface area contributed by atoms with Crippen LogP contribution in [0.15, 0.2) is 42.5 Å². The molecule has 0 spiro atoms. The van der Waals surface area contributed by atoms with Gasteiger partial charge in [0.1, 0.15) is 18.8 Å². The zero-order valence-corrected chi connectivity index (χ0v) is 14.4. The lowest BCUT2D eigenvalue weighted by Gasteiger charge is -2.57. The second-order valence-electron chi connectivity index (χ2n) is 6.29. The summed E-state index contributed by atoms with van der Waals surface area (Å²) in [4.78, 5) is 11.7. The minimum atomic E-state index is -2.84. The highest BCUT2D eigenvalue weighted by molar-refractivity contribution is 5.86. The number of nitrogens with one attached hydrogen (secondary N) is 1. The van der Waals surface area contributed by atoms with E-state index in [2.05, 4.69) is 5.32 Å². The van der Waals surface area contributed by atoms with Crippen molar-refractivity contribution in [1.29, 1.82) is 0 Å². The number of hydrogen-bond donors (Lipinski definition) is 5. The van der Waals surface area contributed by atoms with Gasteiger partial charge in [0.15, 0.2) is 6.10 Å². The van der Waals surface area contributed by atoms with E-state index in [-0.39, 0.29) is 5.56 Å². The van der Waals surface area contributed by atoms with Gasteiger partial charge >= 0.3 is 6.09 Å². The number of rotatable bonds is 3. The van der Waals surface area contributed by atoms with E-state index < -0.39 is 42.6 Å². The van der Waals surface area contributed by atoms with Gasteiger partial charge in [-0.1, -0.05) is 42.5 Å². The van der Waals surface area contributed by atoms with Crippen LogP contribution in [0.1, 0.15) is 5.56 Å². The minimum absolute atomic E-state index is 0.0441. The monoisotopic (exact) mass is 378 g/mol. The first-order valence-corrected chi connectivity index (χ1v) is 8.23. The quantitative estimate of drug-likeness (QED) is 0.433. The molecule has 1 aliphatic rings. The molecule has 1 heterocycles. The molecule has 1 aliphatic heterocycles. The fraction of sp³-hybridized carbons (Fsp3) is 0.389. The van der Waals surface area contributed by atoms with E-state index in [4.69, 9.17) is 9.47 Å². The van der Waals surface area contributed by atoms with Crippen molar-refractivity contribution in [2.45, 2.75) is 29.9 Å². The van der Waals surface area contributed by atoms with Gasteiger partial charge in [0.2, 0.25) is 0 Å². The second-order valence-corrected chi connectivity index (χ2v) is 6.29. The molecule has 0 saturated carbocycles. The maximum absolute atomic E-state index is 13.6. The van der Waals surface area contributed by atoms with E-state index in [0.29, 0.717) is 10.8 Å². The largest absolute Gasteiger partial charge is 0.823 e. The summed E-state index contributed by atoms with van der Waals surface area (Å²) in [5, 5.41) is 57.5. The molecule has 2 aromatic carbocycles. The van der Waals surface area contributed by atoms with Gasteiger partial charge in [0.05, 0.1) is 5.79 Å². The van der Waals surface area contributed by atoms with Crippen LogP contribution in [0.5, 0.6) is 0 Å². The van der Waals surface area contributed by atoms with Gasteiger partial charge in [-0.3, -0.25) is 0 Å². The first-order valence-electron chi connectivity index (χ1n) is 8.23. The molecule has 3 rings (SSSR count). The number of carbonyl (C=O) groups excluding carboxylic acids is 1. The van der Waals surface area contributed by atoms with Crippen LogP contribution in [-0.4, -0.2) is 64.3 Å². The molecule has 9 nitrogen and oxygen atoms in total. The van der Waals surface area contributed by atoms with E-state index in [1.807, 2.05) is 0 Å². The standard InChI is InChI=1S/C18H20NO8/c1-19-16(24)26-17(9-20)14(22)13(21)15(23)18(25,27-17)12-8-4-6-10-5-2-3-7-11(10)12/h2-8,13-15,20-23H,9H2,1H3,(H,19,24)/q-1/t13-,14-,15+,17+,18+/m0/s1. The Morgan fingerprint density at radius 3 is 2.52 bits per heavy atom. The molecule has 27 heavy (non-hydrogen) atoms. The average Bonchev–Trinajstić information content (AvgIpc) is 2.69. The molecule has 0 aliphatic carbocycles. The zero-order chi connectivity index (χ0) is 19.8. The molecule has 1 amide bonds. The SMILES string of the molecule is CNC(=O)O[C@]1(CO)O[C@]([O-])(c2cccc3ccccc23)[C@H](O)[C@@H](O)[C@@H]1O. The smallest absolute Gasteiger partial charge is 0.409 e. The summed E-state index contributed by atoms with van der Waals surface area (Å²) in [7, 11) is 1.23. The summed E-state index contributed by atoms with van der Waals surface area (Å²) in [6, 6.07) is 11.5. The predicted octanol–water partition coefficient (Wildman–Crippen LogP) is -1.49. The Labute approximate surface area is 154 Å². The van der Waals surface area contributed by atoms with Gasteiger partial charge in [-0.2, -0.15) is 0 Å². The number of alkyl carbamates (subject to hydrolysis) is 1. The predicted molar refractivity (Wildman–Crippen MR) is 90.1 cm³/mol. The molecule has 5 N–H and O–H groups in total. The van der Waals surface area contributed by atoms with Crippen molar-refractivity contribution in [1.82, 2.24) is 5.32 Å². The summed E-state index contributed by atoms with van der Waals surface area (Å²) >= 11 is 0. The fourth-order valence-corrected chi connectivity index (χ4v) is 3.23. The highest BCUT2D eigenvalue weighted by Crippen LogP contribution is 2.42. The second kappa shape index (κ2) is 7.04. The lowest BCUT2D eigenvalue weighted by Crippen LogP contribution is -2.74. The fourth-order valence-electron chi connectivity index (χ4n) is 3.23. The van der Waals surface area contributed by atoms with Gasteiger partial charge < -0.3 is 40.3 Å². The van der Waals surface area contributed by atoms with Gasteiger partial charge in [0, 0.05) is 7.05 Å². The molecule has 1 saturated heterocycles. The van der Waals surface area contributed by atoms with Crippen molar-refractivity contribution in [2.75, 3.05) is 13.7 Å². The van der Waals surface area contributed by atoms with Crippen LogP contribution in [0.2, 0.25) is 0 Å². The number of carbonyl (C=O) groups is 1. The molecule has 0 radical (unpaired) electrons. The highest BCUT2D eigenvalue weighted by atomic mass is 16.8. The van der Waals surface area contributed by atoms with Crippen molar-refractivity contribution < 1.29 is 39.8 Å². The van der Waals surface area contributed by atoms with Crippen LogP contribution in [0.3, 0.4) is 0 Å². The van der Waals surface area contributed by atoms with Crippen LogP contribution in [0.4, 0.5) is 4.79 Å². The molecule has 146 valence electrons. The Bertz CT molecular complexity index is 840. The Kier molecular flexibility index (Phi) is 5.08. The Hall–Kier alpha value is -2.27. The summed E-state index contributed by atoms with van der Waals surface area (Å²) in [6.45, 7) is -1.12. The van der Waals surface area contributed by atoms with E-state index in [1.54, 1.807) is 36.4 Å². The van der Waals surface area contributed by atoms with Crippen LogP contribution >= 0.6 is 0 Å². The molecule has 9 heteroatoms. The molecule has 0 bridgehead atoms. The molecule has 0 unspecified atom stereocenters. The molecule has 5 atom stereocenters. The lowest BCUT2D eigenvalue weighted by molar-refractivity contribution is -0.630. The maximum Gasteiger partial charge on any atom is 0.409 e. The van der Waals surface area contributed by atoms with Crippen molar-refractivity contribution in [2.24, 2.45) is 0 Å². The number of aliphatic hydroxyl groups is 4. The number of hydrogen-bond acceptors (Lipinski definition) is 8. The Morgan fingerprint density at radius 1 is 1.19 bits per heavy atom. The van der Waals surface area contributed by atoms with Crippen LogP contribution < -0.4 is 10.4 Å². The van der Waals surface area contributed by atoms with Gasteiger partial charge in [-0.05, 0) is 16.3 Å². The topological polar surface area (TPSA) is 152 Å². The van der Waals surface area contributed by atoms with Crippen LogP contribution in [-0.2, 0) is 15.3 Å². The molecular formula is C18H20NO8-. The minimum Gasteiger partial charge on any atom is -0.823 e. The van der Waals surface area contributed by atoms with Crippen LogP contribution in [0.25, 0.3) is 10.8 Å². The first kappa shape index (κ1) is 19.5. The third-order valence-corrected chi connectivity index (χ3v) is 4.67. The number of amides is 1. The van der Waals surface area contributed by atoms with E-state index in [0.717, 1.165) is 0 Å². The molecule has 2 aromatic rings. The first-order chi connectivity index (χ1) is 12.8. The van der Waals surface area contributed by atoms with Gasteiger partial charge in [-0.15, -0.1) is 0 Å². The summed E-state index contributed by atoms with van der Waals surface area (Å²) in [5.41, 5.74) is -0.0441. The van der Waals surface area contributed by atoms with Gasteiger partial charge in [0.25, 0.3) is 5.79 Å².